The Morgan fingerprint density at radius 1 is 1.03 bits per heavy atom. The van der Waals surface area contributed by atoms with E-state index in [1.807, 2.05) is 12.1 Å². The van der Waals surface area contributed by atoms with Gasteiger partial charge in [0.25, 0.3) is 0 Å². The van der Waals surface area contributed by atoms with Crippen LogP contribution >= 0.6 is 0 Å². The number of ether oxygens (including phenoxy) is 2. The number of nitrogens with zero attached hydrogens (tertiary/aromatic N) is 2. The maximum absolute atomic E-state index is 13.7. The highest BCUT2D eigenvalue weighted by Crippen LogP contribution is 2.29. The van der Waals surface area contributed by atoms with E-state index in [9.17, 15) is 18.0 Å². The van der Waals surface area contributed by atoms with E-state index >= 15 is 0 Å². The van der Waals surface area contributed by atoms with Crippen molar-refractivity contribution in [2.75, 3.05) is 31.3 Å². The molecule has 2 amide bonds. The monoisotopic (exact) mass is 517 g/mol. The molecule has 0 aliphatic heterocycles. The molecule has 3 rings (SSSR count). The summed E-state index contributed by atoms with van der Waals surface area (Å²) in [6, 6.07) is 13.1. The van der Waals surface area contributed by atoms with E-state index in [-0.39, 0.29) is 24.2 Å². The topological polar surface area (TPSA) is 105 Å². The second-order valence-electron chi connectivity index (χ2n) is 8.98. The summed E-state index contributed by atoms with van der Waals surface area (Å²) >= 11 is 0. The lowest BCUT2D eigenvalue weighted by atomic mass is 10.1. The van der Waals surface area contributed by atoms with Crippen LogP contribution in [0.4, 0.5) is 5.69 Å². The van der Waals surface area contributed by atoms with Gasteiger partial charge in [-0.2, -0.15) is 0 Å². The van der Waals surface area contributed by atoms with Crippen molar-refractivity contribution in [3.05, 3.63) is 54.1 Å². The molecule has 1 aliphatic carbocycles. The molecule has 0 heterocycles. The lowest BCUT2D eigenvalue weighted by Crippen LogP contribution is -2.52. The van der Waals surface area contributed by atoms with Gasteiger partial charge in [-0.1, -0.05) is 37.1 Å². The number of anilines is 1. The third-order valence-corrected chi connectivity index (χ3v) is 7.54. The van der Waals surface area contributed by atoms with Gasteiger partial charge in [-0.3, -0.25) is 13.9 Å². The Bertz CT molecular complexity index is 1150. The number of nitrogens with one attached hydrogen (secondary N) is 1. The Kier molecular flexibility index (Phi) is 9.19. The van der Waals surface area contributed by atoms with Crippen LogP contribution in [0.2, 0.25) is 0 Å². The predicted molar refractivity (Wildman–Crippen MR) is 139 cm³/mol. The van der Waals surface area contributed by atoms with Crippen LogP contribution in [0.5, 0.6) is 11.5 Å². The lowest BCUT2D eigenvalue weighted by Gasteiger charge is -2.32. The molecule has 0 spiro atoms. The Hall–Kier alpha value is -3.27. The van der Waals surface area contributed by atoms with E-state index in [2.05, 4.69) is 5.32 Å². The van der Waals surface area contributed by atoms with Gasteiger partial charge in [0.1, 0.15) is 24.1 Å². The number of para-hydroxylation sites is 2. The first-order valence-electron chi connectivity index (χ1n) is 12.0. The SMILES string of the molecule is COc1ccc(CN(C(=O)CN(c2ccccc2OC)S(C)(=O)=O)[C@H](C)C(=O)NC2CCCC2)cc1. The number of amides is 2. The first-order valence-corrected chi connectivity index (χ1v) is 13.8. The molecule has 0 aromatic heterocycles. The molecular formula is C26H35N3O6S. The summed E-state index contributed by atoms with van der Waals surface area (Å²) in [5, 5.41) is 3.05. The fourth-order valence-corrected chi connectivity index (χ4v) is 5.19. The fraction of sp³-hybridized carbons (Fsp3) is 0.462. The minimum absolute atomic E-state index is 0.0963. The second kappa shape index (κ2) is 12.1. The first-order chi connectivity index (χ1) is 17.1. The fourth-order valence-electron chi connectivity index (χ4n) is 4.33. The van der Waals surface area contributed by atoms with E-state index in [0.717, 1.165) is 41.8 Å². The first kappa shape index (κ1) is 27.3. The van der Waals surface area contributed by atoms with Crippen molar-refractivity contribution >= 4 is 27.5 Å². The third kappa shape index (κ3) is 6.90. The summed E-state index contributed by atoms with van der Waals surface area (Å²) in [4.78, 5) is 28.2. The number of sulfonamides is 1. The zero-order chi connectivity index (χ0) is 26.3. The zero-order valence-electron chi connectivity index (χ0n) is 21.3. The summed E-state index contributed by atoms with van der Waals surface area (Å²) in [6.45, 7) is 1.32. The Morgan fingerprint density at radius 3 is 2.25 bits per heavy atom. The molecule has 36 heavy (non-hydrogen) atoms. The van der Waals surface area contributed by atoms with E-state index in [1.54, 1.807) is 50.4 Å². The molecular weight excluding hydrogens is 482 g/mol. The molecule has 0 unspecified atom stereocenters. The van der Waals surface area contributed by atoms with Crippen LogP contribution in [0.15, 0.2) is 48.5 Å². The maximum atomic E-state index is 13.7. The van der Waals surface area contributed by atoms with Gasteiger partial charge in [0.2, 0.25) is 21.8 Å². The van der Waals surface area contributed by atoms with E-state index < -0.39 is 28.5 Å². The largest absolute Gasteiger partial charge is 0.497 e. The van der Waals surface area contributed by atoms with Gasteiger partial charge in [0.15, 0.2) is 0 Å². The van der Waals surface area contributed by atoms with E-state index in [4.69, 9.17) is 9.47 Å². The number of benzene rings is 2. The number of hydrogen-bond acceptors (Lipinski definition) is 6. The molecule has 0 saturated heterocycles. The van der Waals surface area contributed by atoms with Crippen LogP contribution in [0.25, 0.3) is 0 Å². The molecule has 10 heteroatoms. The van der Waals surface area contributed by atoms with Crippen molar-refractivity contribution in [2.24, 2.45) is 0 Å². The third-order valence-electron chi connectivity index (χ3n) is 6.41. The van der Waals surface area contributed by atoms with Gasteiger partial charge in [-0.25, -0.2) is 8.42 Å². The molecule has 0 radical (unpaired) electrons. The van der Waals surface area contributed by atoms with Crippen LogP contribution in [0, 0.1) is 0 Å². The smallest absolute Gasteiger partial charge is 0.244 e. The molecule has 1 N–H and O–H groups in total. The average Bonchev–Trinajstić information content (AvgIpc) is 3.38. The summed E-state index contributed by atoms with van der Waals surface area (Å²) in [7, 11) is -0.832. The highest BCUT2D eigenvalue weighted by atomic mass is 32.2. The molecule has 9 nitrogen and oxygen atoms in total. The van der Waals surface area contributed by atoms with Gasteiger partial charge in [0, 0.05) is 12.6 Å². The van der Waals surface area contributed by atoms with Crippen LogP contribution in [-0.2, 0) is 26.2 Å². The number of rotatable bonds is 11. The van der Waals surface area contributed by atoms with Crippen molar-refractivity contribution in [1.82, 2.24) is 10.2 Å². The lowest BCUT2D eigenvalue weighted by molar-refractivity contribution is -0.139. The molecule has 1 fully saturated rings. The quantitative estimate of drug-likeness (QED) is 0.491. The second-order valence-corrected chi connectivity index (χ2v) is 10.9. The summed E-state index contributed by atoms with van der Waals surface area (Å²) in [5.41, 5.74) is 1.04. The molecule has 0 bridgehead atoms. The Morgan fingerprint density at radius 2 is 1.67 bits per heavy atom. The van der Waals surface area contributed by atoms with Crippen molar-refractivity contribution < 1.29 is 27.5 Å². The van der Waals surface area contributed by atoms with Crippen LogP contribution in [-0.4, -0.2) is 64.2 Å². The Balaban J connectivity index is 1.90. The zero-order valence-corrected chi connectivity index (χ0v) is 22.1. The van der Waals surface area contributed by atoms with E-state index in [1.165, 1.54) is 12.0 Å². The van der Waals surface area contributed by atoms with Gasteiger partial charge in [-0.05, 0) is 49.6 Å². The number of methoxy groups -OCH3 is 2. The van der Waals surface area contributed by atoms with E-state index in [0.29, 0.717) is 11.5 Å². The van der Waals surface area contributed by atoms with Crippen molar-refractivity contribution in [1.29, 1.82) is 0 Å². The predicted octanol–water partition coefficient (Wildman–Crippen LogP) is 2.95. The van der Waals surface area contributed by atoms with Gasteiger partial charge >= 0.3 is 0 Å². The van der Waals surface area contributed by atoms with Crippen LogP contribution < -0.4 is 19.1 Å². The highest BCUT2D eigenvalue weighted by molar-refractivity contribution is 7.92. The van der Waals surface area contributed by atoms with Crippen molar-refractivity contribution in [3.8, 4) is 11.5 Å². The van der Waals surface area contributed by atoms with Gasteiger partial charge in [0.05, 0.1) is 26.2 Å². The average molecular weight is 518 g/mol. The summed E-state index contributed by atoms with van der Waals surface area (Å²) in [6.07, 6.45) is 5.00. The minimum atomic E-state index is -3.84. The van der Waals surface area contributed by atoms with Crippen molar-refractivity contribution in [3.63, 3.8) is 0 Å². The number of carbonyl (C=O) groups is 2. The van der Waals surface area contributed by atoms with Crippen LogP contribution in [0.3, 0.4) is 0 Å². The molecule has 1 saturated carbocycles. The normalized spacial score (nSPS) is 14.7. The maximum Gasteiger partial charge on any atom is 0.244 e. The van der Waals surface area contributed by atoms with Crippen LogP contribution in [0.1, 0.15) is 38.2 Å². The van der Waals surface area contributed by atoms with Crippen molar-refractivity contribution in [2.45, 2.75) is 51.2 Å². The molecule has 1 aliphatic rings. The summed E-state index contributed by atoms with van der Waals surface area (Å²) < 4.78 is 37.0. The highest BCUT2D eigenvalue weighted by Gasteiger charge is 2.32. The van der Waals surface area contributed by atoms with Gasteiger partial charge < -0.3 is 19.7 Å². The minimum Gasteiger partial charge on any atom is -0.497 e. The standard InChI is InChI=1S/C26H35N3O6S/c1-19(26(31)27-21-9-5-6-10-21)28(17-20-13-15-22(34-2)16-14-20)25(30)18-29(36(4,32)33)23-11-7-8-12-24(23)35-3/h7-8,11-16,19,21H,5-6,9-10,17-18H2,1-4H3,(H,27,31)/t19-/m1/s1. The number of hydrogen-bond donors (Lipinski definition) is 1. The Labute approximate surface area is 213 Å². The number of carbonyl (C=O) groups excluding carboxylic acids is 2. The molecule has 196 valence electrons. The summed E-state index contributed by atoms with van der Waals surface area (Å²) in [5.74, 6) is 0.232. The van der Waals surface area contributed by atoms with Gasteiger partial charge in [-0.15, -0.1) is 0 Å². The molecule has 2 aromatic carbocycles. The molecule has 1 atom stereocenters. The molecule has 2 aromatic rings.